The molecule has 4 N–H and O–H groups in total. The van der Waals surface area contributed by atoms with Gasteiger partial charge in [-0.15, -0.1) is 0 Å². The maximum atomic E-state index is 14.5. The molecule has 1 heterocycles. The van der Waals surface area contributed by atoms with Crippen molar-refractivity contribution in [3.63, 3.8) is 0 Å². The number of rotatable bonds is 25. The van der Waals surface area contributed by atoms with Crippen LogP contribution in [0.2, 0.25) is 0 Å². The van der Waals surface area contributed by atoms with Crippen molar-refractivity contribution in [1.82, 2.24) is 24.7 Å². The summed E-state index contributed by atoms with van der Waals surface area (Å²) in [4.78, 5) is 76.5. The van der Waals surface area contributed by atoms with Crippen molar-refractivity contribution in [2.75, 3.05) is 41.9 Å². The molecule has 0 aromatic heterocycles. The zero-order valence-corrected chi connectivity index (χ0v) is 42.5. The lowest BCUT2D eigenvalue weighted by Crippen LogP contribution is -2.55. The number of benzene rings is 2. The average molecular weight is 937 g/mol. The molecule has 1 saturated carbocycles. The molecule has 2 aromatic rings. The molecule has 0 radical (unpaired) electrons. The molecule has 4 rings (SSSR count). The van der Waals surface area contributed by atoms with E-state index in [0.29, 0.717) is 24.3 Å². The van der Waals surface area contributed by atoms with Gasteiger partial charge >= 0.3 is 0 Å². The molecule has 10 atom stereocenters. The molecular weight excluding hydrogens is 857 g/mol. The zero-order chi connectivity index (χ0) is 49.3. The van der Waals surface area contributed by atoms with Crippen LogP contribution in [0, 0.1) is 29.6 Å². The summed E-state index contributed by atoms with van der Waals surface area (Å²) in [5.74, 6) is 1.02. The SMILES string of the molecule is C=S(=O)(NC(=O)C(Cc1ccccc1)NC(=O)[C@H](C)[C@@H](OC)[C@@H]1CCCN1C(=O)C[C@@H](OC)[C@H]([C@@H](C)CC)N(C)C(=O)[C@@H](CC(=O)[C@H](C(C)C)N(C)C)C(C)C)c1ccc(C2(N)CC2)cc1. The Labute approximate surface area is 395 Å². The minimum Gasteiger partial charge on any atom is -0.379 e. The summed E-state index contributed by atoms with van der Waals surface area (Å²) in [7, 11) is 5.28. The lowest BCUT2D eigenvalue weighted by molar-refractivity contribution is -0.149. The highest BCUT2D eigenvalue weighted by Crippen LogP contribution is 2.42. The fourth-order valence-corrected chi connectivity index (χ4v) is 11.0. The number of methoxy groups -OCH3 is 2. The summed E-state index contributed by atoms with van der Waals surface area (Å²) in [6.07, 6.45) is 2.57. The Hall–Kier alpha value is -4.15. The molecule has 2 unspecified atom stereocenters. The number of nitrogens with zero attached hydrogens (tertiary/aromatic N) is 3. The number of hydrogen-bond donors (Lipinski definition) is 3. The first-order chi connectivity index (χ1) is 31.0. The van der Waals surface area contributed by atoms with Crippen LogP contribution in [0.1, 0.15) is 105 Å². The molecule has 2 aliphatic rings. The Morgan fingerprint density at radius 2 is 1.52 bits per heavy atom. The number of carbonyl (C=O) groups excluding carboxylic acids is 5. The fraction of sp³-hybridized carbons (Fsp3) is 0.647. The first-order valence-electron chi connectivity index (χ1n) is 23.7. The predicted molar refractivity (Wildman–Crippen MR) is 262 cm³/mol. The number of amides is 4. The molecule has 368 valence electrons. The second kappa shape index (κ2) is 23.7. The van der Waals surface area contributed by atoms with Crippen LogP contribution in [0.3, 0.4) is 0 Å². The van der Waals surface area contributed by atoms with Gasteiger partial charge in [0.2, 0.25) is 17.7 Å². The van der Waals surface area contributed by atoms with E-state index in [-0.39, 0.29) is 66.2 Å². The molecule has 0 bridgehead atoms. The molecule has 1 aliphatic heterocycles. The third-order valence-electron chi connectivity index (χ3n) is 14.1. The fourth-order valence-electron chi connectivity index (χ4n) is 9.85. The van der Waals surface area contributed by atoms with Gasteiger partial charge in [-0.2, -0.15) is 0 Å². The van der Waals surface area contributed by atoms with Crippen molar-refractivity contribution in [1.29, 1.82) is 0 Å². The Kier molecular flexibility index (Phi) is 19.6. The topological polar surface area (TPSA) is 181 Å². The minimum absolute atomic E-state index is 0.0164. The van der Waals surface area contributed by atoms with Gasteiger partial charge in [0, 0.05) is 57.0 Å². The highest BCUT2D eigenvalue weighted by Gasteiger charge is 2.44. The number of nitrogens with two attached hydrogens (primary N) is 1. The number of ether oxygens (including phenoxy) is 2. The molecule has 0 spiro atoms. The smallest absolute Gasteiger partial charge is 0.254 e. The third kappa shape index (κ3) is 13.5. The Bertz CT molecular complexity index is 2050. The van der Waals surface area contributed by atoms with Crippen molar-refractivity contribution >= 4 is 45.0 Å². The van der Waals surface area contributed by atoms with E-state index in [0.717, 1.165) is 30.4 Å². The summed E-state index contributed by atoms with van der Waals surface area (Å²) in [5, 5.41) is 2.92. The first-order valence-corrected chi connectivity index (χ1v) is 25.5. The van der Waals surface area contributed by atoms with Crippen LogP contribution < -0.4 is 15.8 Å². The van der Waals surface area contributed by atoms with Gasteiger partial charge in [0.1, 0.15) is 6.04 Å². The summed E-state index contributed by atoms with van der Waals surface area (Å²) in [6.45, 7) is 14.2. The van der Waals surface area contributed by atoms with Crippen molar-refractivity contribution in [3.05, 3.63) is 65.7 Å². The van der Waals surface area contributed by atoms with Gasteiger partial charge in [-0.3, -0.25) is 33.6 Å². The van der Waals surface area contributed by atoms with Gasteiger partial charge in [0.05, 0.1) is 52.4 Å². The third-order valence-corrected chi connectivity index (χ3v) is 15.7. The number of carbonyl (C=O) groups is 5. The monoisotopic (exact) mass is 937 g/mol. The maximum Gasteiger partial charge on any atom is 0.254 e. The molecule has 15 heteroatoms. The largest absolute Gasteiger partial charge is 0.379 e. The highest BCUT2D eigenvalue weighted by atomic mass is 32.2. The van der Waals surface area contributed by atoms with E-state index in [1.807, 2.05) is 103 Å². The van der Waals surface area contributed by atoms with E-state index in [1.54, 1.807) is 43.0 Å². The minimum atomic E-state index is -3.31. The number of Topliss-reactive ketones (excluding diaryl/α,β-unsaturated/α-hetero) is 1. The molecule has 4 amide bonds. The van der Waals surface area contributed by atoms with Crippen LogP contribution in [0.4, 0.5) is 0 Å². The molecule has 1 saturated heterocycles. The zero-order valence-electron chi connectivity index (χ0n) is 41.7. The van der Waals surface area contributed by atoms with Crippen LogP contribution in [-0.4, -0.2) is 132 Å². The number of likely N-dealkylation sites (tertiary alicyclic amines) is 1. The van der Waals surface area contributed by atoms with Gasteiger partial charge in [0.25, 0.3) is 5.91 Å². The number of nitrogens with one attached hydrogen (secondary N) is 2. The summed E-state index contributed by atoms with van der Waals surface area (Å²) in [6, 6.07) is 13.8. The standard InChI is InChI=1S/C51H80N6O8S/c1-14-34(6)46(56(10)50(62)39(32(2)3)30-42(58)45(33(4)5)55(8)9)43(64-11)31-44(59)57-28-18-21-41(57)47(65-12)35(7)48(60)53-40(29-36-19-16-15-17-20-36)49(61)54-66(13,63)38-24-22-37(23-25-38)51(52)26-27-51/h15-17,19-20,22-25,32-35,39-41,43,45-47H,13-14,18,21,26-31,52H2,1-12H3,(H,53,60)(H,54,61,63)/t34-,35+,39-,40?,41-,43+,45-,46-,47+,66?/m0/s1. The Morgan fingerprint density at radius 1 is 0.894 bits per heavy atom. The lowest BCUT2D eigenvalue weighted by Gasteiger charge is -2.41. The molecular formula is C51H80N6O8S. The van der Waals surface area contributed by atoms with Crippen molar-refractivity contribution < 1.29 is 37.7 Å². The molecule has 14 nitrogen and oxygen atoms in total. The van der Waals surface area contributed by atoms with E-state index in [1.165, 1.54) is 7.11 Å². The van der Waals surface area contributed by atoms with Gasteiger partial charge in [0.15, 0.2) is 5.78 Å². The van der Waals surface area contributed by atoms with E-state index in [9.17, 15) is 28.2 Å². The van der Waals surface area contributed by atoms with Crippen LogP contribution in [0.5, 0.6) is 0 Å². The van der Waals surface area contributed by atoms with Gasteiger partial charge < -0.3 is 30.3 Å². The molecule has 66 heavy (non-hydrogen) atoms. The highest BCUT2D eigenvalue weighted by molar-refractivity contribution is 7.99. The molecule has 1 aliphatic carbocycles. The van der Waals surface area contributed by atoms with E-state index >= 15 is 0 Å². The number of ketones is 1. The first kappa shape index (κ1) is 54.5. The number of likely N-dealkylation sites (N-methyl/N-ethyl adjacent to an activating group) is 2. The van der Waals surface area contributed by atoms with E-state index < -0.39 is 63.7 Å². The van der Waals surface area contributed by atoms with Crippen molar-refractivity contribution in [2.45, 2.75) is 147 Å². The number of hydrogen-bond acceptors (Lipinski definition) is 10. The average Bonchev–Trinajstić information content (AvgIpc) is 3.84. The van der Waals surface area contributed by atoms with E-state index in [4.69, 9.17) is 15.2 Å². The van der Waals surface area contributed by atoms with Crippen molar-refractivity contribution in [3.8, 4) is 0 Å². The van der Waals surface area contributed by atoms with Gasteiger partial charge in [-0.25, -0.2) is 4.21 Å². The molecule has 2 fully saturated rings. The quantitative estimate of drug-likeness (QED) is 0.112. The molecule has 2 aromatic carbocycles. The maximum absolute atomic E-state index is 14.5. The van der Waals surface area contributed by atoms with Gasteiger partial charge in [-0.1, -0.05) is 97.4 Å². The lowest BCUT2D eigenvalue weighted by atomic mass is 9.83. The van der Waals surface area contributed by atoms with E-state index in [2.05, 4.69) is 15.9 Å². The van der Waals surface area contributed by atoms with Crippen LogP contribution in [0.25, 0.3) is 0 Å². The summed E-state index contributed by atoms with van der Waals surface area (Å²) >= 11 is 0. The summed E-state index contributed by atoms with van der Waals surface area (Å²) < 4.78 is 28.7. The Balaban J connectivity index is 1.51. The normalized spacial score (nSPS) is 20.4. The van der Waals surface area contributed by atoms with Crippen LogP contribution in [-0.2, 0) is 55.1 Å². The summed E-state index contributed by atoms with van der Waals surface area (Å²) in [5.41, 5.74) is 7.69. The van der Waals surface area contributed by atoms with Crippen molar-refractivity contribution in [2.24, 2.45) is 35.3 Å². The second-order valence-electron chi connectivity index (χ2n) is 19.8. The van der Waals surface area contributed by atoms with Gasteiger partial charge in [-0.05, 0) is 86.7 Å². The van der Waals surface area contributed by atoms with Crippen LogP contribution in [0.15, 0.2) is 59.5 Å². The van der Waals surface area contributed by atoms with Crippen LogP contribution >= 0.6 is 0 Å². The second-order valence-corrected chi connectivity index (χ2v) is 21.9. The predicted octanol–water partition coefficient (Wildman–Crippen LogP) is 5.21. The Morgan fingerprint density at radius 3 is 2.03 bits per heavy atom.